The first-order valence-corrected chi connectivity index (χ1v) is 12.0. The van der Waals surface area contributed by atoms with E-state index in [1.165, 1.54) is 97.4 Å². The molecule has 0 saturated heterocycles. The smallest absolute Gasteiger partial charge is 0.305 e. The second-order valence-corrected chi connectivity index (χ2v) is 8.21. The molecule has 168 valence electrons. The average molecular weight is 408 g/mol. The minimum atomic E-state index is -0.0761. The number of methoxy groups -OCH3 is 1. The van der Waals surface area contributed by atoms with Gasteiger partial charge in [-0.25, -0.2) is 4.98 Å². The van der Waals surface area contributed by atoms with E-state index in [-0.39, 0.29) is 5.97 Å². The minimum Gasteiger partial charge on any atom is -0.469 e. The third-order valence-electron chi connectivity index (χ3n) is 5.61. The van der Waals surface area contributed by atoms with Gasteiger partial charge in [-0.1, -0.05) is 64.7 Å². The first-order chi connectivity index (χ1) is 14.3. The lowest BCUT2D eigenvalue weighted by atomic mass is 10.1. The Hall–Kier alpha value is -1.36. The van der Waals surface area contributed by atoms with Crippen LogP contribution in [0.25, 0.3) is 0 Å². The predicted octanol–water partition coefficient (Wildman–Crippen LogP) is 5.84. The SMILES string of the molecule is CCCCCCCN(CCCCCCCCCC(=O)OC)CCCn1ccnc1. The molecule has 0 atom stereocenters. The summed E-state index contributed by atoms with van der Waals surface area (Å²) in [7, 11) is 1.47. The molecule has 1 rings (SSSR count). The van der Waals surface area contributed by atoms with E-state index >= 15 is 0 Å². The Morgan fingerprint density at radius 1 is 0.862 bits per heavy atom. The zero-order valence-corrected chi connectivity index (χ0v) is 19.1. The number of ether oxygens (including phenoxy) is 1. The van der Waals surface area contributed by atoms with Crippen LogP contribution in [-0.4, -0.2) is 47.2 Å². The summed E-state index contributed by atoms with van der Waals surface area (Å²) in [6, 6.07) is 0. The van der Waals surface area contributed by atoms with Gasteiger partial charge in [-0.15, -0.1) is 0 Å². The van der Waals surface area contributed by atoms with E-state index in [1.807, 2.05) is 12.5 Å². The van der Waals surface area contributed by atoms with Gasteiger partial charge in [0.15, 0.2) is 0 Å². The number of esters is 1. The largest absolute Gasteiger partial charge is 0.469 e. The molecule has 0 aliphatic rings. The highest BCUT2D eigenvalue weighted by Gasteiger charge is 2.05. The molecule has 5 nitrogen and oxygen atoms in total. The van der Waals surface area contributed by atoms with E-state index in [9.17, 15) is 4.79 Å². The Labute approximate surface area is 179 Å². The van der Waals surface area contributed by atoms with Gasteiger partial charge >= 0.3 is 5.97 Å². The van der Waals surface area contributed by atoms with E-state index in [0.29, 0.717) is 6.42 Å². The summed E-state index contributed by atoms with van der Waals surface area (Å²) < 4.78 is 6.86. The molecular weight excluding hydrogens is 362 g/mol. The van der Waals surface area contributed by atoms with E-state index in [0.717, 1.165) is 19.4 Å². The standard InChI is InChI=1S/C24H45N3O2/c1-3-4-5-10-13-18-26(20-15-21-27-22-17-25-23-27)19-14-11-8-6-7-9-12-16-24(28)29-2/h17,22-23H,3-16,18-21H2,1-2H3. The number of carbonyl (C=O) groups excluding carboxylic acids is 1. The number of aryl methyl sites for hydroxylation is 1. The fraction of sp³-hybridized carbons (Fsp3) is 0.833. The van der Waals surface area contributed by atoms with Gasteiger partial charge in [0.1, 0.15) is 0 Å². The molecule has 0 fully saturated rings. The molecule has 0 radical (unpaired) electrons. The second-order valence-electron chi connectivity index (χ2n) is 8.21. The number of rotatable bonds is 20. The molecule has 1 aromatic heterocycles. The monoisotopic (exact) mass is 407 g/mol. The number of hydrogen-bond donors (Lipinski definition) is 0. The maximum atomic E-state index is 11.1. The van der Waals surface area contributed by atoms with Crippen molar-refractivity contribution in [3.05, 3.63) is 18.7 Å². The van der Waals surface area contributed by atoms with Crippen molar-refractivity contribution in [1.82, 2.24) is 14.5 Å². The molecule has 0 saturated carbocycles. The third kappa shape index (κ3) is 15.2. The van der Waals surface area contributed by atoms with Crippen LogP contribution in [0.15, 0.2) is 18.7 Å². The summed E-state index contributed by atoms with van der Waals surface area (Å²) in [5.41, 5.74) is 0. The molecule has 0 bridgehead atoms. The molecule has 29 heavy (non-hydrogen) atoms. The van der Waals surface area contributed by atoms with Crippen molar-refractivity contribution in [2.75, 3.05) is 26.7 Å². The molecule has 0 spiro atoms. The van der Waals surface area contributed by atoms with Crippen LogP contribution in [0, 0.1) is 0 Å². The van der Waals surface area contributed by atoms with E-state index < -0.39 is 0 Å². The van der Waals surface area contributed by atoms with Gasteiger partial charge in [0, 0.05) is 25.4 Å². The number of unbranched alkanes of at least 4 members (excludes halogenated alkanes) is 10. The van der Waals surface area contributed by atoms with Crippen LogP contribution >= 0.6 is 0 Å². The molecule has 0 N–H and O–H groups in total. The van der Waals surface area contributed by atoms with Crippen molar-refractivity contribution < 1.29 is 9.53 Å². The van der Waals surface area contributed by atoms with Gasteiger partial charge < -0.3 is 14.2 Å². The highest BCUT2D eigenvalue weighted by atomic mass is 16.5. The molecular formula is C24H45N3O2. The lowest BCUT2D eigenvalue weighted by molar-refractivity contribution is -0.140. The van der Waals surface area contributed by atoms with E-state index in [4.69, 9.17) is 0 Å². The third-order valence-corrected chi connectivity index (χ3v) is 5.61. The van der Waals surface area contributed by atoms with Crippen LogP contribution in [0.2, 0.25) is 0 Å². The van der Waals surface area contributed by atoms with E-state index in [1.54, 1.807) is 0 Å². The summed E-state index contributed by atoms with van der Waals surface area (Å²) in [6.07, 6.45) is 23.0. The van der Waals surface area contributed by atoms with Crippen LogP contribution < -0.4 is 0 Å². The van der Waals surface area contributed by atoms with Gasteiger partial charge in [0.25, 0.3) is 0 Å². The zero-order valence-electron chi connectivity index (χ0n) is 19.1. The number of aromatic nitrogens is 2. The maximum Gasteiger partial charge on any atom is 0.305 e. The lowest BCUT2D eigenvalue weighted by Gasteiger charge is -2.22. The van der Waals surface area contributed by atoms with Crippen molar-refractivity contribution in [3.8, 4) is 0 Å². The summed E-state index contributed by atoms with van der Waals surface area (Å²) >= 11 is 0. The number of carbonyl (C=O) groups is 1. The van der Waals surface area contributed by atoms with Crippen molar-refractivity contribution in [1.29, 1.82) is 0 Å². The zero-order chi connectivity index (χ0) is 21.0. The average Bonchev–Trinajstić information content (AvgIpc) is 3.25. The van der Waals surface area contributed by atoms with Crippen LogP contribution in [-0.2, 0) is 16.1 Å². The van der Waals surface area contributed by atoms with Crippen LogP contribution in [0.5, 0.6) is 0 Å². The lowest BCUT2D eigenvalue weighted by Crippen LogP contribution is -2.28. The summed E-state index contributed by atoms with van der Waals surface area (Å²) in [4.78, 5) is 17.9. The Morgan fingerprint density at radius 3 is 2.03 bits per heavy atom. The van der Waals surface area contributed by atoms with E-state index in [2.05, 4.69) is 32.3 Å². The van der Waals surface area contributed by atoms with Crippen molar-refractivity contribution in [2.45, 2.75) is 103 Å². The van der Waals surface area contributed by atoms with Gasteiger partial charge in [0.05, 0.1) is 13.4 Å². The molecule has 0 aromatic carbocycles. The first-order valence-electron chi connectivity index (χ1n) is 12.0. The molecule has 1 heterocycles. The Kier molecular flexibility index (Phi) is 16.5. The van der Waals surface area contributed by atoms with Crippen LogP contribution in [0.3, 0.4) is 0 Å². The molecule has 5 heteroatoms. The summed E-state index contributed by atoms with van der Waals surface area (Å²) in [6.45, 7) is 7.03. The topological polar surface area (TPSA) is 47.4 Å². The van der Waals surface area contributed by atoms with Crippen molar-refractivity contribution >= 4 is 5.97 Å². The van der Waals surface area contributed by atoms with Gasteiger partial charge in [0.2, 0.25) is 0 Å². The van der Waals surface area contributed by atoms with Crippen molar-refractivity contribution in [3.63, 3.8) is 0 Å². The number of nitrogens with zero attached hydrogens (tertiary/aromatic N) is 3. The second kappa shape index (κ2) is 18.7. The Bertz CT molecular complexity index is 476. The van der Waals surface area contributed by atoms with Crippen LogP contribution in [0.1, 0.15) is 96.8 Å². The number of hydrogen-bond acceptors (Lipinski definition) is 4. The first kappa shape index (κ1) is 25.7. The molecule has 0 unspecified atom stereocenters. The fourth-order valence-electron chi connectivity index (χ4n) is 3.76. The molecule has 0 aliphatic carbocycles. The normalized spacial score (nSPS) is 11.3. The number of imidazole rings is 1. The highest BCUT2D eigenvalue weighted by Crippen LogP contribution is 2.11. The molecule has 0 aliphatic heterocycles. The van der Waals surface area contributed by atoms with Crippen molar-refractivity contribution in [2.24, 2.45) is 0 Å². The van der Waals surface area contributed by atoms with Crippen LogP contribution in [0.4, 0.5) is 0 Å². The molecule has 0 amide bonds. The summed E-state index contributed by atoms with van der Waals surface area (Å²) in [5.74, 6) is -0.0761. The predicted molar refractivity (Wildman–Crippen MR) is 121 cm³/mol. The fourth-order valence-corrected chi connectivity index (χ4v) is 3.76. The highest BCUT2D eigenvalue weighted by molar-refractivity contribution is 5.68. The maximum absolute atomic E-state index is 11.1. The van der Waals surface area contributed by atoms with Gasteiger partial charge in [-0.05, 0) is 45.3 Å². The van der Waals surface area contributed by atoms with Gasteiger partial charge in [-0.3, -0.25) is 4.79 Å². The Morgan fingerprint density at radius 2 is 1.45 bits per heavy atom. The quantitative estimate of drug-likeness (QED) is 0.201. The Balaban J connectivity index is 2.09. The van der Waals surface area contributed by atoms with Gasteiger partial charge in [-0.2, -0.15) is 0 Å². The summed E-state index contributed by atoms with van der Waals surface area (Å²) in [5, 5.41) is 0. The minimum absolute atomic E-state index is 0.0761. The molecule has 1 aromatic rings.